The van der Waals surface area contributed by atoms with Gasteiger partial charge in [0.15, 0.2) is 0 Å². The van der Waals surface area contributed by atoms with Crippen LogP contribution in [0.2, 0.25) is 0 Å². The molecule has 2 rings (SSSR count). The molecule has 0 atom stereocenters. The van der Waals surface area contributed by atoms with Crippen molar-refractivity contribution in [1.82, 2.24) is 9.78 Å². The second kappa shape index (κ2) is 2.33. The lowest BCUT2D eigenvalue weighted by Crippen LogP contribution is -2.20. The first-order valence-electron chi connectivity index (χ1n) is 4.39. The van der Waals surface area contributed by atoms with Crippen LogP contribution in [0.15, 0.2) is 6.20 Å². The molecule has 0 spiro atoms. The van der Waals surface area contributed by atoms with E-state index in [0.29, 0.717) is 5.41 Å². The van der Waals surface area contributed by atoms with E-state index in [4.69, 9.17) is 5.73 Å². The zero-order valence-corrected chi connectivity index (χ0v) is 7.67. The van der Waals surface area contributed by atoms with Crippen LogP contribution in [-0.4, -0.2) is 16.3 Å². The van der Waals surface area contributed by atoms with Crippen molar-refractivity contribution < 1.29 is 0 Å². The number of aryl methyl sites for hydroxylation is 1. The molecule has 1 heterocycles. The van der Waals surface area contributed by atoms with Crippen molar-refractivity contribution in [3.63, 3.8) is 0 Å². The smallest absolute Gasteiger partial charge is 0.0530 e. The van der Waals surface area contributed by atoms with Gasteiger partial charge in [-0.1, -0.05) is 0 Å². The summed E-state index contributed by atoms with van der Waals surface area (Å²) in [5.74, 6) is 0. The zero-order valence-electron chi connectivity index (χ0n) is 7.67. The molecule has 1 aliphatic carbocycles. The Labute approximate surface area is 72.6 Å². The molecular formula is C9H15N3. The van der Waals surface area contributed by atoms with E-state index in [1.807, 2.05) is 17.9 Å². The minimum atomic E-state index is 0.290. The molecule has 1 aliphatic rings. The van der Waals surface area contributed by atoms with Crippen LogP contribution in [0, 0.1) is 6.92 Å². The normalized spacial score (nSPS) is 19.6. The molecule has 0 amide bonds. The third-order valence-corrected chi connectivity index (χ3v) is 3.05. The van der Waals surface area contributed by atoms with Gasteiger partial charge in [0.1, 0.15) is 0 Å². The average molecular weight is 165 g/mol. The van der Waals surface area contributed by atoms with Crippen molar-refractivity contribution in [3.8, 4) is 0 Å². The Balaban J connectivity index is 2.40. The van der Waals surface area contributed by atoms with Crippen LogP contribution < -0.4 is 5.73 Å². The summed E-state index contributed by atoms with van der Waals surface area (Å²) in [4.78, 5) is 0. The predicted octanol–water partition coefficient (Wildman–Crippen LogP) is 0.719. The Morgan fingerprint density at radius 2 is 2.33 bits per heavy atom. The van der Waals surface area contributed by atoms with E-state index in [2.05, 4.69) is 12.0 Å². The second-order valence-electron chi connectivity index (χ2n) is 3.75. The summed E-state index contributed by atoms with van der Waals surface area (Å²) < 4.78 is 1.92. The molecule has 0 aliphatic heterocycles. The highest BCUT2D eigenvalue weighted by molar-refractivity contribution is 5.33. The minimum absolute atomic E-state index is 0.290. The van der Waals surface area contributed by atoms with Crippen molar-refractivity contribution in [2.24, 2.45) is 12.8 Å². The molecule has 1 aromatic heterocycles. The molecule has 66 valence electrons. The Bertz CT molecular complexity index is 297. The monoisotopic (exact) mass is 165 g/mol. The number of aromatic nitrogens is 2. The molecule has 3 nitrogen and oxygen atoms in total. The highest BCUT2D eigenvalue weighted by atomic mass is 15.3. The van der Waals surface area contributed by atoms with Crippen molar-refractivity contribution in [3.05, 3.63) is 17.5 Å². The standard InChI is InChI=1S/C9H15N3/c1-7-8(5-11-12(7)2)9(6-10)3-4-9/h5H,3-4,6,10H2,1-2H3. The highest BCUT2D eigenvalue weighted by Crippen LogP contribution is 2.48. The molecule has 0 bridgehead atoms. The quantitative estimate of drug-likeness (QED) is 0.701. The molecule has 0 saturated heterocycles. The fraction of sp³-hybridized carbons (Fsp3) is 0.667. The van der Waals surface area contributed by atoms with Crippen LogP contribution in [-0.2, 0) is 12.5 Å². The van der Waals surface area contributed by atoms with Gasteiger partial charge in [-0.25, -0.2) is 0 Å². The van der Waals surface area contributed by atoms with Gasteiger partial charge in [0, 0.05) is 30.3 Å². The van der Waals surface area contributed by atoms with Crippen molar-refractivity contribution in [2.75, 3.05) is 6.54 Å². The molecule has 3 heteroatoms. The van der Waals surface area contributed by atoms with Gasteiger partial charge < -0.3 is 5.73 Å². The average Bonchev–Trinajstić information content (AvgIpc) is 2.79. The largest absolute Gasteiger partial charge is 0.330 e. The molecular weight excluding hydrogens is 150 g/mol. The van der Waals surface area contributed by atoms with Gasteiger partial charge in [0.05, 0.1) is 6.20 Å². The van der Waals surface area contributed by atoms with Crippen LogP contribution in [0.5, 0.6) is 0 Å². The van der Waals surface area contributed by atoms with E-state index >= 15 is 0 Å². The summed E-state index contributed by atoms with van der Waals surface area (Å²) in [5, 5.41) is 4.23. The molecule has 12 heavy (non-hydrogen) atoms. The summed E-state index contributed by atoms with van der Waals surface area (Å²) in [7, 11) is 1.98. The topological polar surface area (TPSA) is 43.8 Å². The van der Waals surface area contributed by atoms with Gasteiger partial charge in [-0.3, -0.25) is 4.68 Å². The van der Waals surface area contributed by atoms with Crippen molar-refractivity contribution in [1.29, 1.82) is 0 Å². The summed E-state index contributed by atoms with van der Waals surface area (Å²) in [6.45, 7) is 2.87. The van der Waals surface area contributed by atoms with Gasteiger partial charge in [-0.2, -0.15) is 5.10 Å². The first-order chi connectivity index (χ1) is 5.69. The van der Waals surface area contributed by atoms with E-state index in [0.717, 1.165) is 6.54 Å². The van der Waals surface area contributed by atoms with Crippen LogP contribution in [0.25, 0.3) is 0 Å². The zero-order chi connectivity index (χ0) is 8.77. The predicted molar refractivity (Wildman–Crippen MR) is 47.9 cm³/mol. The van der Waals surface area contributed by atoms with E-state index in [1.165, 1.54) is 24.1 Å². The lowest BCUT2D eigenvalue weighted by atomic mass is 9.97. The van der Waals surface area contributed by atoms with E-state index < -0.39 is 0 Å². The lowest BCUT2D eigenvalue weighted by molar-refractivity contribution is 0.687. The summed E-state index contributed by atoms with van der Waals surface area (Å²) in [6.07, 6.45) is 4.43. The maximum Gasteiger partial charge on any atom is 0.0530 e. The van der Waals surface area contributed by atoms with Gasteiger partial charge in [-0.05, 0) is 19.8 Å². The number of rotatable bonds is 2. The van der Waals surface area contributed by atoms with Crippen LogP contribution in [0.1, 0.15) is 24.1 Å². The number of nitrogens with two attached hydrogens (primary N) is 1. The fourth-order valence-electron chi connectivity index (χ4n) is 1.75. The van der Waals surface area contributed by atoms with Crippen molar-refractivity contribution >= 4 is 0 Å². The maximum atomic E-state index is 5.74. The Hall–Kier alpha value is -0.830. The fourth-order valence-corrected chi connectivity index (χ4v) is 1.75. The summed E-state index contributed by atoms with van der Waals surface area (Å²) in [5.41, 5.74) is 8.65. The minimum Gasteiger partial charge on any atom is -0.330 e. The number of nitrogens with zero attached hydrogens (tertiary/aromatic N) is 2. The molecule has 0 aromatic carbocycles. The third-order valence-electron chi connectivity index (χ3n) is 3.05. The third kappa shape index (κ3) is 0.894. The molecule has 0 radical (unpaired) electrons. The van der Waals surface area contributed by atoms with Crippen LogP contribution in [0.4, 0.5) is 0 Å². The summed E-state index contributed by atoms with van der Waals surface area (Å²) >= 11 is 0. The van der Waals surface area contributed by atoms with Gasteiger partial charge in [0.2, 0.25) is 0 Å². The maximum absolute atomic E-state index is 5.74. The van der Waals surface area contributed by atoms with Gasteiger partial charge in [-0.15, -0.1) is 0 Å². The number of hydrogen-bond donors (Lipinski definition) is 1. The van der Waals surface area contributed by atoms with Gasteiger partial charge >= 0.3 is 0 Å². The Kier molecular flexibility index (Phi) is 1.51. The van der Waals surface area contributed by atoms with Gasteiger partial charge in [0.25, 0.3) is 0 Å². The van der Waals surface area contributed by atoms with Crippen LogP contribution in [0.3, 0.4) is 0 Å². The van der Waals surface area contributed by atoms with Crippen molar-refractivity contribution in [2.45, 2.75) is 25.2 Å². The van der Waals surface area contributed by atoms with E-state index in [1.54, 1.807) is 0 Å². The second-order valence-corrected chi connectivity index (χ2v) is 3.75. The van der Waals surface area contributed by atoms with E-state index in [-0.39, 0.29) is 0 Å². The van der Waals surface area contributed by atoms with Crippen LogP contribution >= 0.6 is 0 Å². The highest BCUT2D eigenvalue weighted by Gasteiger charge is 2.44. The lowest BCUT2D eigenvalue weighted by Gasteiger charge is -2.10. The molecule has 0 unspecified atom stereocenters. The molecule has 2 N–H and O–H groups in total. The summed E-state index contributed by atoms with van der Waals surface area (Å²) in [6, 6.07) is 0. The first-order valence-corrected chi connectivity index (χ1v) is 4.39. The Morgan fingerprint density at radius 3 is 2.67 bits per heavy atom. The van der Waals surface area contributed by atoms with E-state index in [9.17, 15) is 0 Å². The Morgan fingerprint density at radius 1 is 1.67 bits per heavy atom. The molecule has 1 saturated carbocycles. The number of hydrogen-bond acceptors (Lipinski definition) is 2. The molecule has 1 aromatic rings. The first kappa shape index (κ1) is 7.80. The molecule has 1 fully saturated rings. The SMILES string of the molecule is Cc1c(C2(CN)CC2)cnn1C.